The molecule has 0 radical (unpaired) electrons. The van der Waals surface area contributed by atoms with Gasteiger partial charge in [-0.05, 0) is 32.2 Å². The third-order valence-electron chi connectivity index (χ3n) is 2.77. The van der Waals surface area contributed by atoms with Crippen molar-refractivity contribution in [3.05, 3.63) is 42.2 Å². The fraction of sp³-hybridized carbons (Fsp3) is 0.400. The van der Waals surface area contributed by atoms with Gasteiger partial charge in [0.05, 0.1) is 0 Å². The van der Waals surface area contributed by atoms with E-state index in [-0.39, 0.29) is 5.54 Å². The third-order valence-corrected chi connectivity index (χ3v) is 2.77. The minimum atomic E-state index is 0.171. The maximum Gasteiger partial charge on any atom is 0.0494 e. The van der Waals surface area contributed by atoms with Crippen molar-refractivity contribution in [2.75, 3.05) is 6.54 Å². The lowest BCUT2D eigenvalue weighted by molar-refractivity contribution is 0.429. The van der Waals surface area contributed by atoms with Crippen LogP contribution in [0.1, 0.15) is 26.5 Å². The molecule has 0 saturated heterocycles. The Hall–Kier alpha value is -1.41. The fourth-order valence-electron chi connectivity index (χ4n) is 1.94. The van der Waals surface area contributed by atoms with Crippen molar-refractivity contribution in [1.82, 2.24) is 10.3 Å². The van der Waals surface area contributed by atoms with Gasteiger partial charge in [-0.15, -0.1) is 0 Å². The molecule has 0 unspecified atom stereocenters. The number of benzene rings is 1. The molecule has 2 heteroatoms. The molecule has 0 saturated carbocycles. The average Bonchev–Trinajstić information content (AvgIpc) is 2.28. The predicted octanol–water partition coefficient (Wildman–Crippen LogP) is 3.17. The van der Waals surface area contributed by atoms with E-state index in [4.69, 9.17) is 0 Å². The summed E-state index contributed by atoms with van der Waals surface area (Å²) in [5, 5.41) is 6.04. The van der Waals surface area contributed by atoms with Crippen LogP contribution >= 0.6 is 0 Å². The molecule has 2 nitrogen and oxygen atoms in total. The summed E-state index contributed by atoms with van der Waals surface area (Å²) in [7, 11) is 0. The van der Waals surface area contributed by atoms with Crippen LogP contribution in [0.2, 0.25) is 0 Å². The average molecular weight is 228 g/mol. The van der Waals surface area contributed by atoms with Gasteiger partial charge in [0.25, 0.3) is 0 Å². The van der Waals surface area contributed by atoms with Crippen LogP contribution in [0.25, 0.3) is 10.8 Å². The van der Waals surface area contributed by atoms with Gasteiger partial charge in [-0.3, -0.25) is 4.98 Å². The third kappa shape index (κ3) is 3.27. The monoisotopic (exact) mass is 228 g/mol. The SMILES string of the molecule is CC(C)(C)NCCc1nccc2ccccc12. The van der Waals surface area contributed by atoms with Crippen LogP contribution in [0.4, 0.5) is 0 Å². The zero-order valence-electron chi connectivity index (χ0n) is 10.8. The maximum atomic E-state index is 4.49. The highest BCUT2D eigenvalue weighted by Crippen LogP contribution is 2.16. The molecule has 1 heterocycles. The van der Waals surface area contributed by atoms with Gasteiger partial charge in [-0.25, -0.2) is 0 Å². The van der Waals surface area contributed by atoms with Gasteiger partial charge >= 0.3 is 0 Å². The molecule has 1 N–H and O–H groups in total. The lowest BCUT2D eigenvalue weighted by Crippen LogP contribution is -2.37. The Labute approximate surface area is 103 Å². The van der Waals surface area contributed by atoms with Crippen molar-refractivity contribution in [2.24, 2.45) is 0 Å². The van der Waals surface area contributed by atoms with E-state index in [2.05, 4.69) is 61.4 Å². The fourth-order valence-corrected chi connectivity index (χ4v) is 1.94. The van der Waals surface area contributed by atoms with E-state index >= 15 is 0 Å². The second-order valence-electron chi connectivity index (χ2n) is 5.41. The summed E-state index contributed by atoms with van der Waals surface area (Å²) in [5.74, 6) is 0. The lowest BCUT2D eigenvalue weighted by Gasteiger charge is -2.20. The largest absolute Gasteiger partial charge is 0.312 e. The Morgan fingerprint density at radius 2 is 1.88 bits per heavy atom. The molecule has 0 fully saturated rings. The van der Waals surface area contributed by atoms with Gasteiger partial charge in [0.1, 0.15) is 0 Å². The molecule has 17 heavy (non-hydrogen) atoms. The van der Waals surface area contributed by atoms with Crippen molar-refractivity contribution < 1.29 is 0 Å². The lowest BCUT2D eigenvalue weighted by atomic mass is 10.1. The quantitative estimate of drug-likeness (QED) is 0.873. The first-order valence-electron chi connectivity index (χ1n) is 6.14. The van der Waals surface area contributed by atoms with Crippen LogP contribution in [-0.4, -0.2) is 17.1 Å². The van der Waals surface area contributed by atoms with Crippen LogP contribution in [0.5, 0.6) is 0 Å². The number of hydrogen-bond acceptors (Lipinski definition) is 2. The standard InChI is InChI=1S/C15H20N2/c1-15(2,3)17-11-9-14-13-7-5-4-6-12(13)8-10-16-14/h4-8,10,17H,9,11H2,1-3H3. The Morgan fingerprint density at radius 3 is 2.65 bits per heavy atom. The molecule has 0 amide bonds. The number of rotatable bonds is 3. The van der Waals surface area contributed by atoms with Crippen molar-refractivity contribution in [2.45, 2.75) is 32.7 Å². The molecular weight excluding hydrogens is 208 g/mol. The number of pyridine rings is 1. The van der Waals surface area contributed by atoms with Gasteiger partial charge in [-0.1, -0.05) is 24.3 Å². The number of hydrogen-bond donors (Lipinski definition) is 1. The second-order valence-corrected chi connectivity index (χ2v) is 5.41. The maximum absolute atomic E-state index is 4.49. The molecule has 2 rings (SSSR count). The van der Waals surface area contributed by atoms with Gasteiger partial charge in [0, 0.05) is 35.8 Å². The Morgan fingerprint density at radius 1 is 1.12 bits per heavy atom. The summed E-state index contributed by atoms with van der Waals surface area (Å²) >= 11 is 0. The summed E-state index contributed by atoms with van der Waals surface area (Å²) in [4.78, 5) is 4.49. The Bertz CT molecular complexity index is 492. The van der Waals surface area contributed by atoms with Gasteiger partial charge in [0.2, 0.25) is 0 Å². The molecule has 0 aliphatic rings. The topological polar surface area (TPSA) is 24.9 Å². The number of aromatic nitrogens is 1. The zero-order chi connectivity index (χ0) is 12.3. The van der Waals surface area contributed by atoms with E-state index in [1.165, 1.54) is 16.5 Å². The highest BCUT2D eigenvalue weighted by Gasteiger charge is 2.08. The predicted molar refractivity (Wildman–Crippen MR) is 73.2 cm³/mol. The normalized spacial score (nSPS) is 11.9. The molecule has 0 aliphatic carbocycles. The first-order chi connectivity index (χ1) is 8.06. The van der Waals surface area contributed by atoms with E-state index in [0.717, 1.165) is 13.0 Å². The molecule has 0 aliphatic heterocycles. The highest BCUT2D eigenvalue weighted by atomic mass is 14.9. The zero-order valence-corrected chi connectivity index (χ0v) is 10.8. The summed E-state index contributed by atoms with van der Waals surface area (Å²) in [5.41, 5.74) is 1.35. The molecule has 2 aromatic rings. The summed E-state index contributed by atoms with van der Waals surface area (Å²) in [6.45, 7) is 7.51. The van der Waals surface area contributed by atoms with Crippen molar-refractivity contribution >= 4 is 10.8 Å². The van der Waals surface area contributed by atoms with Crippen LogP contribution in [0, 0.1) is 0 Å². The summed E-state index contributed by atoms with van der Waals surface area (Å²) in [6, 6.07) is 10.5. The summed E-state index contributed by atoms with van der Waals surface area (Å²) < 4.78 is 0. The first kappa shape index (κ1) is 12.1. The highest BCUT2D eigenvalue weighted by molar-refractivity contribution is 5.84. The van der Waals surface area contributed by atoms with E-state index < -0.39 is 0 Å². The van der Waals surface area contributed by atoms with Crippen LogP contribution in [0.3, 0.4) is 0 Å². The van der Waals surface area contributed by atoms with E-state index in [1.807, 2.05) is 6.20 Å². The number of fused-ring (bicyclic) bond motifs is 1. The molecule has 1 aromatic carbocycles. The number of nitrogens with one attached hydrogen (secondary N) is 1. The van der Waals surface area contributed by atoms with Gasteiger partial charge in [0.15, 0.2) is 0 Å². The minimum Gasteiger partial charge on any atom is -0.312 e. The minimum absolute atomic E-state index is 0.171. The van der Waals surface area contributed by atoms with E-state index in [1.54, 1.807) is 0 Å². The smallest absolute Gasteiger partial charge is 0.0494 e. The molecular formula is C15H20N2. The van der Waals surface area contributed by atoms with Gasteiger partial charge in [-0.2, -0.15) is 0 Å². The number of nitrogens with zero attached hydrogens (tertiary/aromatic N) is 1. The van der Waals surface area contributed by atoms with Crippen molar-refractivity contribution in [1.29, 1.82) is 0 Å². The molecule has 0 atom stereocenters. The molecule has 1 aromatic heterocycles. The molecule has 0 spiro atoms. The van der Waals surface area contributed by atoms with Crippen LogP contribution in [0.15, 0.2) is 36.5 Å². The summed E-state index contributed by atoms with van der Waals surface area (Å²) in [6.07, 6.45) is 2.87. The van der Waals surface area contributed by atoms with E-state index in [0.29, 0.717) is 0 Å². The Balaban J connectivity index is 2.13. The first-order valence-corrected chi connectivity index (χ1v) is 6.14. The molecule has 90 valence electrons. The Kier molecular flexibility index (Phi) is 3.43. The molecule has 0 bridgehead atoms. The van der Waals surface area contributed by atoms with Crippen LogP contribution in [-0.2, 0) is 6.42 Å². The van der Waals surface area contributed by atoms with E-state index in [9.17, 15) is 0 Å². The van der Waals surface area contributed by atoms with Crippen molar-refractivity contribution in [3.63, 3.8) is 0 Å². The van der Waals surface area contributed by atoms with Crippen molar-refractivity contribution in [3.8, 4) is 0 Å². The second kappa shape index (κ2) is 4.84. The van der Waals surface area contributed by atoms with Crippen LogP contribution < -0.4 is 5.32 Å². The van der Waals surface area contributed by atoms with Gasteiger partial charge < -0.3 is 5.32 Å².